The Morgan fingerprint density at radius 2 is 1.88 bits per heavy atom. The van der Waals surface area contributed by atoms with Gasteiger partial charge < -0.3 is 15.2 Å². The van der Waals surface area contributed by atoms with E-state index in [4.69, 9.17) is 4.74 Å². The summed E-state index contributed by atoms with van der Waals surface area (Å²) in [5, 5.41) is 11.7. The molecule has 1 heterocycles. The first kappa shape index (κ1) is 20.1. The van der Waals surface area contributed by atoms with Crippen molar-refractivity contribution >= 4 is 21.9 Å². The Bertz CT molecular complexity index is 565. The van der Waals surface area contributed by atoms with Gasteiger partial charge in [0, 0.05) is 18.6 Å². The van der Waals surface area contributed by atoms with E-state index in [0.717, 1.165) is 32.1 Å². The summed E-state index contributed by atoms with van der Waals surface area (Å²) in [6.45, 7) is 2.97. The molecule has 2 aliphatic rings. The largest absolute Gasteiger partial charge is 0.480 e. The molecule has 1 aliphatic heterocycles. The standard InChI is InChI=1S/C16H28N2O6S/c1-11-4-6-13(7-5-11)18-25(22,23)10-14(19)17-15(16(20)21)12-3-2-8-24-9-12/h11-13,15,18H,2-10H2,1H3,(H,17,19)(H,20,21). The van der Waals surface area contributed by atoms with Crippen LogP contribution in [0.1, 0.15) is 45.4 Å². The molecule has 0 aromatic carbocycles. The molecule has 0 aromatic heterocycles. The number of sulfonamides is 1. The predicted octanol–water partition coefficient (Wildman–Crippen LogP) is 0.481. The van der Waals surface area contributed by atoms with Gasteiger partial charge in [0.15, 0.2) is 0 Å². The normalized spacial score (nSPS) is 28.9. The first-order chi connectivity index (χ1) is 11.8. The maximum atomic E-state index is 12.2. The zero-order chi connectivity index (χ0) is 18.4. The van der Waals surface area contributed by atoms with Crippen LogP contribution in [0.4, 0.5) is 0 Å². The minimum Gasteiger partial charge on any atom is -0.480 e. The topological polar surface area (TPSA) is 122 Å². The van der Waals surface area contributed by atoms with Crippen LogP contribution < -0.4 is 10.0 Å². The van der Waals surface area contributed by atoms with Crippen molar-refractivity contribution in [2.45, 2.75) is 57.5 Å². The molecule has 2 unspecified atom stereocenters. The summed E-state index contributed by atoms with van der Waals surface area (Å²) in [6, 6.07) is -1.27. The highest BCUT2D eigenvalue weighted by molar-refractivity contribution is 7.90. The average molecular weight is 376 g/mol. The van der Waals surface area contributed by atoms with Crippen molar-refractivity contribution in [1.29, 1.82) is 0 Å². The summed E-state index contributed by atoms with van der Waals surface area (Å²) in [5.74, 6) is -2.47. The highest BCUT2D eigenvalue weighted by atomic mass is 32.2. The molecule has 8 nitrogen and oxygen atoms in total. The zero-order valence-electron chi connectivity index (χ0n) is 14.6. The fraction of sp³-hybridized carbons (Fsp3) is 0.875. The quantitative estimate of drug-likeness (QED) is 0.594. The summed E-state index contributed by atoms with van der Waals surface area (Å²) in [6.07, 6.45) is 4.80. The first-order valence-electron chi connectivity index (χ1n) is 8.87. The van der Waals surface area contributed by atoms with E-state index in [1.54, 1.807) is 0 Å². The van der Waals surface area contributed by atoms with Crippen molar-refractivity contribution in [2.75, 3.05) is 19.0 Å². The third-order valence-electron chi connectivity index (χ3n) is 4.93. The molecule has 0 spiro atoms. The molecule has 2 atom stereocenters. The third kappa shape index (κ3) is 6.56. The number of hydrogen-bond acceptors (Lipinski definition) is 5. The fourth-order valence-electron chi connectivity index (χ4n) is 3.47. The Labute approximate surface area is 148 Å². The molecular formula is C16H28N2O6S. The van der Waals surface area contributed by atoms with Gasteiger partial charge in [0.1, 0.15) is 11.8 Å². The Morgan fingerprint density at radius 1 is 1.20 bits per heavy atom. The molecule has 0 bridgehead atoms. The fourth-order valence-corrected chi connectivity index (χ4v) is 4.73. The molecular weight excluding hydrogens is 348 g/mol. The lowest BCUT2D eigenvalue weighted by Crippen LogP contribution is -2.51. The number of ether oxygens (including phenoxy) is 1. The van der Waals surface area contributed by atoms with E-state index in [-0.39, 0.29) is 18.6 Å². The number of hydrogen-bond donors (Lipinski definition) is 3. The van der Waals surface area contributed by atoms with Gasteiger partial charge in [-0.2, -0.15) is 0 Å². The van der Waals surface area contributed by atoms with Crippen LogP contribution in [0.3, 0.4) is 0 Å². The van der Waals surface area contributed by atoms with Crippen molar-refractivity contribution < 1.29 is 27.9 Å². The number of amides is 1. The highest BCUT2D eigenvalue weighted by Crippen LogP contribution is 2.24. The molecule has 0 aromatic rings. The van der Waals surface area contributed by atoms with Crippen molar-refractivity contribution in [3.63, 3.8) is 0 Å². The van der Waals surface area contributed by atoms with Crippen LogP contribution in [0.25, 0.3) is 0 Å². The van der Waals surface area contributed by atoms with E-state index in [0.29, 0.717) is 18.9 Å². The molecule has 144 valence electrons. The molecule has 9 heteroatoms. The minimum absolute atomic E-state index is 0.143. The van der Waals surface area contributed by atoms with Crippen molar-refractivity contribution in [3.8, 4) is 0 Å². The third-order valence-corrected chi connectivity index (χ3v) is 6.27. The van der Waals surface area contributed by atoms with Gasteiger partial charge in [0.05, 0.1) is 6.61 Å². The van der Waals surface area contributed by atoms with E-state index >= 15 is 0 Å². The van der Waals surface area contributed by atoms with E-state index < -0.39 is 33.7 Å². The lowest BCUT2D eigenvalue weighted by molar-refractivity contribution is -0.144. The van der Waals surface area contributed by atoms with Crippen molar-refractivity contribution in [2.24, 2.45) is 11.8 Å². The van der Waals surface area contributed by atoms with E-state index in [2.05, 4.69) is 17.0 Å². The number of nitrogens with one attached hydrogen (secondary N) is 2. The van der Waals surface area contributed by atoms with Crippen LogP contribution in [-0.4, -0.2) is 56.5 Å². The summed E-state index contributed by atoms with van der Waals surface area (Å²) in [4.78, 5) is 23.5. The molecule has 1 aliphatic carbocycles. The van der Waals surface area contributed by atoms with Gasteiger partial charge in [-0.1, -0.05) is 6.92 Å². The van der Waals surface area contributed by atoms with Gasteiger partial charge in [-0.05, 0) is 44.4 Å². The minimum atomic E-state index is -3.79. The highest BCUT2D eigenvalue weighted by Gasteiger charge is 2.33. The molecule has 1 amide bonds. The van der Waals surface area contributed by atoms with Crippen LogP contribution in [0.5, 0.6) is 0 Å². The second-order valence-electron chi connectivity index (χ2n) is 7.19. The number of rotatable bonds is 7. The molecule has 2 rings (SSSR count). The summed E-state index contributed by atoms with van der Waals surface area (Å²) in [5.41, 5.74) is 0. The summed E-state index contributed by atoms with van der Waals surface area (Å²) < 4.78 is 32.2. The van der Waals surface area contributed by atoms with Crippen LogP contribution in [0.2, 0.25) is 0 Å². The van der Waals surface area contributed by atoms with Crippen LogP contribution in [0.15, 0.2) is 0 Å². The first-order valence-corrected chi connectivity index (χ1v) is 10.5. The lowest BCUT2D eigenvalue weighted by atomic mass is 9.88. The maximum absolute atomic E-state index is 12.2. The molecule has 1 saturated carbocycles. The Kier molecular flexibility index (Phi) is 7.21. The second-order valence-corrected chi connectivity index (χ2v) is 8.95. The smallest absolute Gasteiger partial charge is 0.326 e. The van der Waals surface area contributed by atoms with Gasteiger partial charge in [0.25, 0.3) is 0 Å². The molecule has 1 saturated heterocycles. The monoisotopic (exact) mass is 376 g/mol. The predicted molar refractivity (Wildman–Crippen MR) is 91.5 cm³/mol. The van der Waals surface area contributed by atoms with Gasteiger partial charge in [-0.25, -0.2) is 17.9 Å². The Balaban J connectivity index is 1.87. The lowest BCUT2D eigenvalue weighted by Gasteiger charge is -2.28. The van der Waals surface area contributed by atoms with Gasteiger partial charge >= 0.3 is 5.97 Å². The van der Waals surface area contributed by atoms with Crippen LogP contribution in [-0.2, 0) is 24.3 Å². The van der Waals surface area contributed by atoms with E-state index in [9.17, 15) is 23.1 Å². The Hall–Kier alpha value is -1.19. The average Bonchev–Trinajstić information content (AvgIpc) is 2.54. The van der Waals surface area contributed by atoms with E-state index in [1.807, 2.05) is 0 Å². The number of carbonyl (C=O) groups is 2. The summed E-state index contributed by atoms with van der Waals surface area (Å²) >= 11 is 0. The van der Waals surface area contributed by atoms with E-state index in [1.165, 1.54) is 0 Å². The van der Waals surface area contributed by atoms with Gasteiger partial charge in [-0.3, -0.25) is 4.79 Å². The Morgan fingerprint density at radius 3 is 2.44 bits per heavy atom. The molecule has 25 heavy (non-hydrogen) atoms. The van der Waals surface area contributed by atoms with Crippen molar-refractivity contribution in [3.05, 3.63) is 0 Å². The number of carboxylic acids is 1. The number of carbonyl (C=O) groups excluding carboxylic acids is 1. The van der Waals surface area contributed by atoms with Gasteiger partial charge in [0.2, 0.25) is 15.9 Å². The van der Waals surface area contributed by atoms with Gasteiger partial charge in [-0.15, -0.1) is 0 Å². The summed E-state index contributed by atoms with van der Waals surface area (Å²) in [7, 11) is -3.79. The zero-order valence-corrected chi connectivity index (χ0v) is 15.4. The number of carboxylic acid groups (broad SMARTS) is 1. The second kappa shape index (κ2) is 8.95. The van der Waals surface area contributed by atoms with Crippen molar-refractivity contribution in [1.82, 2.24) is 10.0 Å². The SMILES string of the molecule is CC1CCC(NS(=O)(=O)CC(=O)NC(C(=O)O)C2CCCOC2)CC1. The van der Waals surface area contributed by atoms with Crippen LogP contribution >= 0.6 is 0 Å². The molecule has 2 fully saturated rings. The number of aliphatic carboxylic acids is 1. The maximum Gasteiger partial charge on any atom is 0.326 e. The molecule has 0 radical (unpaired) electrons. The van der Waals surface area contributed by atoms with Crippen LogP contribution in [0, 0.1) is 11.8 Å². The molecule has 3 N–H and O–H groups in total.